The molecule has 100 valence electrons. The minimum absolute atomic E-state index is 0.133. The maximum atomic E-state index is 10.8. The van der Waals surface area contributed by atoms with Gasteiger partial charge in [0.05, 0.1) is 24.2 Å². The van der Waals surface area contributed by atoms with Crippen molar-refractivity contribution in [1.82, 2.24) is 0 Å². The minimum atomic E-state index is -0.755. The lowest BCUT2D eigenvalue weighted by Gasteiger charge is -2.33. The molecule has 1 saturated carbocycles. The van der Waals surface area contributed by atoms with Crippen molar-refractivity contribution >= 4 is 0 Å². The van der Waals surface area contributed by atoms with E-state index in [9.17, 15) is 10.2 Å². The van der Waals surface area contributed by atoms with Crippen molar-refractivity contribution < 1.29 is 14.6 Å². The molecule has 1 aromatic rings. The Kier molecular flexibility index (Phi) is 2.46. The Labute approximate surface area is 108 Å². The number of aliphatic hydroxyl groups is 2. The first kappa shape index (κ1) is 12.2. The van der Waals surface area contributed by atoms with Gasteiger partial charge in [-0.05, 0) is 42.6 Å². The molecule has 1 aromatic heterocycles. The molecule has 2 aliphatic rings. The summed E-state index contributed by atoms with van der Waals surface area (Å²) in [6.07, 6.45) is 5.32. The van der Waals surface area contributed by atoms with Gasteiger partial charge in [0.15, 0.2) is 0 Å². The summed E-state index contributed by atoms with van der Waals surface area (Å²) in [7, 11) is 0. The van der Waals surface area contributed by atoms with Gasteiger partial charge in [-0.15, -0.1) is 0 Å². The third kappa shape index (κ3) is 1.72. The summed E-state index contributed by atoms with van der Waals surface area (Å²) in [6, 6.07) is 0. The highest BCUT2D eigenvalue weighted by Gasteiger charge is 2.52. The van der Waals surface area contributed by atoms with Crippen LogP contribution in [-0.2, 0) is 6.42 Å². The fourth-order valence-electron chi connectivity index (χ4n) is 4.11. The number of hydrogen-bond donors (Lipinski definition) is 2. The summed E-state index contributed by atoms with van der Waals surface area (Å²) in [5.74, 6) is 0.295. The number of hydrogen-bond acceptors (Lipinski definition) is 3. The molecule has 0 bridgehead atoms. The Bertz CT molecular complexity index is 458. The second-order valence-electron chi connectivity index (χ2n) is 7.17. The van der Waals surface area contributed by atoms with Gasteiger partial charge in [-0.25, -0.2) is 0 Å². The predicted octanol–water partition coefficient (Wildman–Crippen LogP) is 2.67. The van der Waals surface area contributed by atoms with E-state index in [1.165, 1.54) is 0 Å². The zero-order valence-electron chi connectivity index (χ0n) is 11.3. The number of fused-ring (bicyclic) bond motifs is 2. The fourth-order valence-corrected chi connectivity index (χ4v) is 4.11. The van der Waals surface area contributed by atoms with Crippen molar-refractivity contribution in [3.05, 3.63) is 23.7 Å². The van der Waals surface area contributed by atoms with Gasteiger partial charge in [-0.3, -0.25) is 0 Å². The molecule has 3 heteroatoms. The summed E-state index contributed by atoms with van der Waals surface area (Å²) in [5.41, 5.74) is 1.27. The van der Waals surface area contributed by atoms with Crippen LogP contribution >= 0.6 is 0 Å². The third-order valence-corrected chi connectivity index (χ3v) is 4.93. The van der Waals surface area contributed by atoms with E-state index in [2.05, 4.69) is 13.8 Å². The van der Waals surface area contributed by atoms with E-state index in [0.717, 1.165) is 24.0 Å². The van der Waals surface area contributed by atoms with Gasteiger partial charge in [0.1, 0.15) is 0 Å². The molecule has 18 heavy (non-hydrogen) atoms. The van der Waals surface area contributed by atoms with E-state index >= 15 is 0 Å². The average molecular weight is 250 g/mol. The molecule has 4 atom stereocenters. The van der Waals surface area contributed by atoms with Gasteiger partial charge < -0.3 is 14.6 Å². The van der Waals surface area contributed by atoms with Crippen LogP contribution in [0, 0.1) is 17.3 Å². The van der Waals surface area contributed by atoms with Crippen molar-refractivity contribution in [3.63, 3.8) is 0 Å². The summed E-state index contributed by atoms with van der Waals surface area (Å²) in [5, 5.41) is 21.4. The second-order valence-corrected chi connectivity index (χ2v) is 7.17. The van der Waals surface area contributed by atoms with Crippen LogP contribution in [0.4, 0.5) is 0 Å². The zero-order chi connectivity index (χ0) is 13.1. The maximum Gasteiger partial charge on any atom is 0.0963 e. The summed E-state index contributed by atoms with van der Waals surface area (Å²) in [6.45, 7) is 6.35. The standard InChI is InChI=1S/C15H22O3/c1-14(2)5-10-12(6-14)15(3,17)4-9-7-18-8-11(9)13(10)16/h7-8,10,12-13,16-17H,4-6H2,1-3H3/t10-,12-,13+,15+/m1/s1. The monoisotopic (exact) mass is 250 g/mol. The van der Waals surface area contributed by atoms with Crippen LogP contribution in [0.5, 0.6) is 0 Å². The molecule has 0 radical (unpaired) electrons. The summed E-state index contributed by atoms with van der Waals surface area (Å²) in [4.78, 5) is 0. The van der Waals surface area contributed by atoms with Crippen LogP contribution < -0.4 is 0 Å². The van der Waals surface area contributed by atoms with Crippen LogP contribution in [-0.4, -0.2) is 15.8 Å². The molecular formula is C15H22O3. The quantitative estimate of drug-likeness (QED) is 0.744. The molecular weight excluding hydrogens is 228 g/mol. The van der Waals surface area contributed by atoms with E-state index in [1.54, 1.807) is 12.5 Å². The molecule has 0 aliphatic heterocycles. The van der Waals surface area contributed by atoms with Crippen LogP contribution in [0.2, 0.25) is 0 Å². The van der Waals surface area contributed by atoms with E-state index in [1.807, 2.05) is 6.92 Å². The average Bonchev–Trinajstić information content (AvgIpc) is 2.79. The minimum Gasteiger partial charge on any atom is -0.472 e. The van der Waals surface area contributed by atoms with Crippen LogP contribution in [0.1, 0.15) is 50.8 Å². The lowest BCUT2D eigenvalue weighted by Crippen LogP contribution is -2.38. The molecule has 2 N–H and O–H groups in total. The first-order valence-corrected chi connectivity index (χ1v) is 6.76. The Morgan fingerprint density at radius 1 is 1.22 bits per heavy atom. The molecule has 0 saturated heterocycles. The highest BCUT2D eigenvalue weighted by molar-refractivity contribution is 5.29. The van der Waals surface area contributed by atoms with Crippen LogP contribution in [0.25, 0.3) is 0 Å². The smallest absolute Gasteiger partial charge is 0.0963 e. The molecule has 1 heterocycles. The zero-order valence-corrected chi connectivity index (χ0v) is 11.3. The lowest BCUT2D eigenvalue weighted by atomic mass is 9.78. The van der Waals surface area contributed by atoms with E-state index < -0.39 is 11.7 Å². The predicted molar refractivity (Wildman–Crippen MR) is 68.0 cm³/mol. The first-order valence-electron chi connectivity index (χ1n) is 6.76. The Morgan fingerprint density at radius 2 is 1.94 bits per heavy atom. The van der Waals surface area contributed by atoms with Crippen LogP contribution in [0.3, 0.4) is 0 Å². The van der Waals surface area contributed by atoms with E-state index in [0.29, 0.717) is 6.42 Å². The number of rotatable bonds is 0. The van der Waals surface area contributed by atoms with Crippen molar-refractivity contribution in [2.75, 3.05) is 0 Å². The molecule has 2 aliphatic carbocycles. The topological polar surface area (TPSA) is 53.6 Å². The highest BCUT2D eigenvalue weighted by Crippen LogP contribution is 2.56. The van der Waals surface area contributed by atoms with Crippen molar-refractivity contribution in [1.29, 1.82) is 0 Å². The van der Waals surface area contributed by atoms with Crippen LogP contribution in [0.15, 0.2) is 16.9 Å². The van der Waals surface area contributed by atoms with Gasteiger partial charge in [-0.1, -0.05) is 13.8 Å². The first-order chi connectivity index (χ1) is 8.30. The fraction of sp³-hybridized carbons (Fsp3) is 0.733. The molecule has 0 spiro atoms. The number of aliphatic hydroxyl groups excluding tert-OH is 1. The van der Waals surface area contributed by atoms with Gasteiger partial charge in [0.25, 0.3) is 0 Å². The molecule has 3 nitrogen and oxygen atoms in total. The Balaban J connectivity index is 2.06. The molecule has 1 fully saturated rings. The normalized spacial score (nSPS) is 42.2. The Hall–Kier alpha value is -0.800. The second kappa shape index (κ2) is 3.61. The van der Waals surface area contributed by atoms with Crippen molar-refractivity contribution in [2.24, 2.45) is 17.3 Å². The van der Waals surface area contributed by atoms with Gasteiger partial charge in [0, 0.05) is 12.0 Å². The van der Waals surface area contributed by atoms with E-state index in [4.69, 9.17) is 4.42 Å². The van der Waals surface area contributed by atoms with E-state index in [-0.39, 0.29) is 17.3 Å². The van der Waals surface area contributed by atoms with Gasteiger partial charge in [0.2, 0.25) is 0 Å². The molecule has 0 aromatic carbocycles. The lowest BCUT2D eigenvalue weighted by molar-refractivity contribution is -0.0392. The highest BCUT2D eigenvalue weighted by atomic mass is 16.3. The third-order valence-electron chi connectivity index (χ3n) is 4.93. The molecule has 3 rings (SSSR count). The maximum absolute atomic E-state index is 10.8. The van der Waals surface area contributed by atoms with Crippen molar-refractivity contribution in [2.45, 2.75) is 51.7 Å². The Morgan fingerprint density at radius 3 is 2.67 bits per heavy atom. The summed E-state index contributed by atoms with van der Waals surface area (Å²) >= 11 is 0. The number of furan rings is 1. The molecule has 0 amide bonds. The van der Waals surface area contributed by atoms with Crippen molar-refractivity contribution in [3.8, 4) is 0 Å². The van der Waals surface area contributed by atoms with Gasteiger partial charge >= 0.3 is 0 Å². The molecule has 0 unspecified atom stereocenters. The van der Waals surface area contributed by atoms with Gasteiger partial charge in [-0.2, -0.15) is 0 Å². The SMILES string of the molecule is CC1(C)C[C@H]2[C@H](O)c3cocc3C[C@](C)(O)[C@@H]2C1. The summed E-state index contributed by atoms with van der Waals surface area (Å²) < 4.78 is 5.22. The largest absolute Gasteiger partial charge is 0.472 e.